The van der Waals surface area contributed by atoms with E-state index in [9.17, 15) is 19.2 Å². The fourth-order valence-corrected chi connectivity index (χ4v) is 3.83. The first-order valence-corrected chi connectivity index (χ1v) is 13.6. The van der Waals surface area contributed by atoms with Gasteiger partial charge < -0.3 is 25.8 Å². The molecule has 0 aromatic rings. The number of carbonyl (C=O) groups excluding carboxylic acids is 4. The number of ether oxygens (including phenoxy) is 2. The summed E-state index contributed by atoms with van der Waals surface area (Å²) in [6.45, 7) is 11.0. The molecule has 1 rings (SSSR count). The minimum absolute atomic E-state index is 0.0397. The SMILES string of the molecule is CC1=CC[C@@H]([C@@H](C)/C=C(C)/C=C\C=C/C(=O)N[C@H](C(=O)N/C=C\C[C@@H](C/C=C(\C)Cl)OC(N)=O)C(C)C)OC1=O. The van der Waals surface area contributed by atoms with Crippen molar-refractivity contribution in [2.45, 2.75) is 79.1 Å². The van der Waals surface area contributed by atoms with Crippen LogP contribution in [0, 0.1) is 11.8 Å². The smallest absolute Gasteiger partial charge is 0.404 e. The zero-order valence-corrected chi connectivity index (χ0v) is 24.9. The Bertz CT molecular complexity index is 1080. The summed E-state index contributed by atoms with van der Waals surface area (Å²) < 4.78 is 10.5. The van der Waals surface area contributed by atoms with Gasteiger partial charge in [0.2, 0.25) is 11.8 Å². The Morgan fingerprint density at radius 2 is 1.85 bits per heavy atom. The predicted molar refractivity (Wildman–Crippen MR) is 157 cm³/mol. The molecule has 0 saturated carbocycles. The molecule has 9 nitrogen and oxygen atoms in total. The zero-order valence-electron chi connectivity index (χ0n) is 24.1. The number of amides is 3. The van der Waals surface area contributed by atoms with Crippen molar-refractivity contribution < 1.29 is 28.7 Å². The summed E-state index contributed by atoms with van der Waals surface area (Å²) in [4.78, 5) is 47.9. The van der Waals surface area contributed by atoms with Crippen LogP contribution in [0.5, 0.6) is 0 Å². The summed E-state index contributed by atoms with van der Waals surface area (Å²) in [6.07, 6.45) is 15.0. The van der Waals surface area contributed by atoms with E-state index < -0.39 is 24.1 Å². The van der Waals surface area contributed by atoms with Gasteiger partial charge in [-0.25, -0.2) is 9.59 Å². The number of nitrogens with two attached hydrogens (primary N) is 1. The number of nitrogens with one attached hydrogen (secondary N) is 2. The number of hydrogen-bond donors (Lipinski definition) is 3. The molecule has 40 heavy (non-hydrogen) atoms. The van der Waals surface area contributed by atoms with Crippen LogP contribution in [0.15, 0.2) is 71.0 Å². The van der Waals surface area contributed by atoms with E-state index in [1.165, 1.54) is 12.3 Å². The molecule has 4 atom stereocenters. The molecule has 0 bridgehead atoms. The van der Waals surface area contributed by atoms with E-state index in [1.807, 2.05) is 45.9 Å². The fourth-order valence-electron chi connectivity index (χ4n) is 3.74. The van der Waals surface area contributed by atoms with E-state index in [4.69, 9.17) is 26.8 Å². The normalized spacial score (nSPS) is 18.9. The number of rotatable bonds is 14. The first-order valence-electron chi connectivity index (χ1n) is 13.2. The summed E-state index contributed by atoms with van der Waals surface area (Å²) in [6, 6.07) is -0.761. The lowest BCUT2D eigenvalue weighted by Crippen LogP contribution is -2.48. The van der Waals surface area contributed by atoms with Gasteiger partial charge in [0.05, 0.1) is 0 Å². The molecule has 10 heteroatoms. The molecule has 1 aliphatic rings. The summed E-state index contributed by atoms with van der Waals surface area (Å²) in [5.74, 6) is -1.20. The Hall–Kier alpha value is -3.59. The van der Waals surface area contributed by atoms with Gasteiger partial charge in [-0.1, -0.05) is 80.5 Å². The molecule has 0 aromatic heterocycles. The number of allylic oxidation sites excluding steroid dienone is 5. The van der Waals surface area contributed by atoms with Crippen molar-refractivity contribution in [2.24, 2.45) is 17.6 Å². The molecular formula is C30H42ClN3O6. The van der Waals surface area contributed by atoms with Gasteiger partial charge in [0.25, 0.3) is 0 Å². The number of esters is 1. The Balaban J connectivity index is 2.62. The lowest BCUT2D eigenvalue weighted by molar-refractivity contribution is -0.147. The van der Waals surface area contributed by atoms with Crippen molar-refractivity contribution in [1.29, 1.82) is 0 Å². The molecule has 3 amide bonds. The van der Waals surface area contributed by atoms with Crippen LogP contribution < -0.4 is 16.4 Å². The van der Waals surface area contributed by atoms with E-state index in [0.29, 0.717) is 29.9 Å². The highest BCUT2D eigenvalue weighted by Gasteiger charge is 2.24. The zero-order chi connectivity index (χ0) is 30.2. The minimum atomic E-state index is -0.895. The van der Waals surface area contributed by atoms with Crippen LogP contribution in [-0.4, -0.2) is 42.1 Å². The average molecular weight is 576 g/mol. The lowest BCUT2D eigenvalue weighted by atomic mass is 9.96. The quantitative estimate of drug-likeness (QED) is 0.150. The van der Waals surface area contributed by atoms with Gasteiger partial charge in [-0.3, -0.25) is 9.59 Å². The Morgan fingerprint density at radius 3 is 2.45 bits per heavy atom. The highest BCUT2D eigenvalue weighted by Crippen LogP contribution is 2.22. The summed E-state index contributed by atoms with van der Waals surface area (Å²) in [7, 11) is 0. The van der Waals surface area contributed by atoms with Crippen LogP contribution in [0.3, 0.4) is 0 Å². The Kier molecular flexibility index (Phi) is 15.4. The Labute approximate surface area is 242 Å². The molecular weight excluding hydrogens is 534 g/mol. The number of carbonyl (C=O) groups is 4. The predicted octanol–water partition coefficient (Wildman–Crippen LogP) is 5.10. The maximum Gasteiger partial charge on any atom is 0.404 e. The van der Waals surface area contributed by atoms with Crippen LogP contribution in [0.4, 0.5) is 4.79 Å². The number of halogens is 1. The van der Waals surface area contributed by atoms with Crippen LogP contribution in [-0.2, 0) is 23.9 Å². The molecule has 1 aliphatic heterocycles. The first-order chi connectivity index (χ1) is 18.8. The summed E-state index contributed by atoms with van der Waals surface area (Å²) >= 11 is 5.83. The molecule has 1 heterocycles. The second kappa shape index (κ2) is 17.9. The van der Waals surface area contributed by atoms with Crippen LogP contribution in [0.25, 0.3) is 0 Å². The van der Waals surface area contributed by atoms with Crippen molar-refractivity contribution in [1.82, 2.24) is 10.6 Å². The van der Waals surface area contributed by atoms with Crippen molar-refractivity contribution >= 4 is 35.5 Å². The molecule has 0 spiro atoms. The van der Waals surface area contributed by atoms with Crippen LogP contribution >= 0.6 is 11.6 Å². The van der Waals surface area contributed by atoms with Gasteiger partial charge in [0, 0.05) is 41.9 Å². The second-order valence-corrected chi connectivity index (χ2v) is 10.6. The molecule has 220 valence electrons. The lowest BCUT2D eigenvalue weighted by Gasteiger charge is -2.25. The minimum Gasteiger partial charge on any atom is -0.458 e. The van der Waals surface area contributed by atoms with E-state index in [2.05, 4.69) is 10.6 Å². The highest BCUT2D eigenvalue weighted by atomic mass is 35.5. The second-order valence-electron chi connectivity index (χ2n) is 10.0. The first kappa shape index (κ1) is 34.4. The van der Waals surface area contributed by atoms with Gasteiger partial charge in [-0.2, -0.15) is 0 Å². The highest BCUT2D eigenvalue weighted by molar-refractivity contribution is 6.29. The van der Waals surface area contributed by atoms with E-state index in [-0.39, 0.29) is 29.8 Å². The molecule has 0 aliphatic carbocycles. The fraction of sp³-hybridized carbons (Fsp3) is 0.467. The third kappa shape index (κ3) is 14.0. The molecule has 0 saturated heterocycles. The van der Waals surface area contributed by atoms with Crippen LogP contribution in [0.2, 0.25) is 0 Å². The van der Waals surface area contributed by atoms with Crippen molar-refractivity contribution in [3.05, 3.63) is 71.0 Å². The van der Waals surface area contributed by atoms with E-state index in [1.54, 1.807) is 38.2 Å². The van der Waals surface area contributed by atoms with Gasteiger partial charge in [0.15, 0.2) is 0 Å². The monoisotopic (exact) mass is 575 g/mol. The van der Waals surface area contributed by atoms with Gasteiger partial charge in [-0.05, 0) is 32.9 Å². The number of cyclic esters (lactones) is 1. The number of primary amides is 1. The Morgan fingerprint density at radius 1 is 1.18 bits per heavy atom. The maximum atomic E-state index is 12.7. The largest absolute Gasteiger partial charge is 0.458 e. The summed E-state index contributed by atoms with van der Waals surface area (Å²) in [5.41, 5.74) is 6.70. The number of hydrogen-bond acceptors (Lipinski definition) is 6. The van der Waals surface area contributed by atoms with Gasteiger partial charge in [-0.15, -0.1) is 0 Å². The van der Waals surface area contributed by atoms with Crippen molar-refractivity contribution in [2.75, 3.05) is 0 Å². The van der Waals surface area contributed by atoms with Gasteiger partial charge in [0.1, 0.15) is 18.2 Å². The molecule has 0 unspecified atom stereocenters. The third-order valence-corrected chi connectivity index (χ3v) is 6.16. The average Bonchev–Trinajstić information content (AvgIpc) is 2.86. The standard InChI is InChI=1S/C30H42ClN3O6/c1-19(2)27(28(36)33-17-9-11-24(39-30(32)38)15-14-23(6)31)34-26(35)12-8-7-10-20(3)18-22(5)25-16-13-21(4)29(37)40-25/h7-10,12-14,17-19,22,24-25,27H,11,15-16H2,1-6H3,(H2,32,38)(H,33,36)(H,34,35)/b10-7-,12-8-,17-9-,20-18+,23-14+/t22-,24-,25-,27-/m0/s1. The van der Waals surface area contributed by atoms with Crippen molar-refractivity contribution in [3.8, 4) is 0 Å². The van der Waals surface area contributed by atoms with Gasteiger partial charge >= 0.3 is 12.1 Å². The maximum absolute atomic E-state index is 12.7. The van der Waals surface area contributed by atoms with E-state index in [0.717, 1.165) is 5.57 Å². The topological polar surface area (TPSA) is 137 Å². The van der Waals surface area contributed by atoms with E-state index >= 15 is 0 Å². The molecule has 0 radical (unpaired) electrons. The molecule has 0 aromatic carbocycles. The van der Waals surface area contributed by atoms with Crippen LogP contribution in [0.1, 0.15) is 60.8 Å². The molecule has 0 fully saturated rings. The third-order valence-electron chi connectivity index (χ3n) is 6.00. The van der Waals surface area contributed by atoms with Crippen molar-refractivity contribution in [3.63, 3.8) is 0 Å². The summed E-state index contributed by atoms with van der Waals surface area (Å²) in [5, 5.41) is 5.92. The molecule has 4 N–H and O–H groups in total.